The first kappa shape index (κ1) is 9.51. The van der Waals surface area contributed by atoms with Crippen molar-refractivity contribution >= 4 is 0 Å². The van der Waals surface area contributed by atoms with Crippen molar-refractivity contribution in [2.24, 2.45) is 17.8 Å². The van der Waals surface area contributed by atoms with Crippen molar-refractivity contribution in [1.29, 1.82) is 0 Å². The molecule has 0 aromatic carbocycles. The van der Waals surface area contributed by atoms with Crippen LogP contribution in [-0.2, 0) is 0 Å². The summed E-state index contributed by atoms with van der Waals surface area (Å²) >= 11 is 0. The van der Waals surface area contributed by atoms with Gasteiger partial charge in [0.1, 0.15) is 0 Å². The monoisotopic (exact) mass is 182 g/mol. The fourth-order valence-electron chi connectivity index (χ4n) is 3.42. The van der Waals surface area contributed by atoms with Crippen molar-refractivity contribution in [3.05, 3.63) is 0 Å². The van der Waals surface area contributed by atoms with Crippen LogP contribution in [-0.4, -0.2) is 11.7 Å². The Morgan fingerprint density at radius 2 is 1.69 bits per heavy atom. The van der Waals surface area contributed by atoms with Crippen LogP contribution in [0.4, 0.5) is 0 Å². The van der Waals surface area contributed by atoms with E-state index in [1.165, 1.54) is 44.9 Å². The fourth-order valence-corrected chi connectivity index (χ4v) is 3.42. The molecule has 0 aliphatic heterocycles. The van der Waals surface area contributed by atoms with Gasteiger partial charge in [-0.05, 0) is 37.0 Å². The molecule has 0 saturated heterocycles. The maximum Gasteiger partial charge on any atom is 0.0433 e. The van der Waals surface area contributed by atoms with E-state index in [4.69, 9.17) is 5.11 Å². The molecule has 2 saturated carbocycles. The zero-order valence-electron chi connectivity index (χ0n) is 8.54. The molecule has 0 aromatic heterocycles. The van der Waals surface area contributed by atoms with Gasteiger partial charge in [-0.15, -0.1) is 0 Å². The third-order valence-electron chi connectivity index (χ3n) is 4.19. The molecule has 0 aromatic rings. The third-order valence-corrected chi connectivity index (χ3v) is 4.19. The predicted octanol–water partition coefficient (Wildman–Crippen LogP) is 2.98. The molecule has 0 heterocycles. The highest BCUT2D eigenvalue weighted by Crippen LogP contribution is 2.43. The fraction of sp³-hybridized carbons (Fsp3) is 1.00. The van der Waals surface area contributed by atoms with Crippen molar-refractivity contribution in [3.63, 3.8) is 0 Å². The molecule has 1 N–H and O–H groups in total. The molecule has 1 heteroatoms. The van der Waals surface area contributed by atoms with Gasteiger partial charge in [-0.1, -0.05) is 32.1 Å². The standard InChI is InChI=1S/C12H22O/c13-8-7-10-5-6-11-3-1-2-4-12(11)9-10/h10-13H,1-9H2. The van der Waals surface area contributed by atoms with Gasteiger partial charge >= 0.3 is 0 Å². The molecular weight excluding hydrogens is 160 g/mol. The molecule has 1 nitrogen and oxygen atoms in total. The van der Waals surface area contributed by atoms with Crippen LogP contribution in [0.2, 0.25) is 0 Å². The van der Waals surface area contributed by atoms with Crippen molar-refractivity contribution in [2.45, 2.75) is 51.4 Å². The Morgan fingerprint density at radius 1 is 0.923 bits per heavy atom. The van der Waals surface area contributed by atoms with Gasteiger partial charge in [-0.3, -0.25) is 0 Å². The van der Waals surface area contributed by atoms with Gasteiger partial charge in [0.25, 0.3) is 0 Å². The molecule has 2 aliphatic rings. The van der Waals surface area contributed by atoms with E-state index in [1.54, 1.807) is 0 Å². The third kappa shape index (κ3) is 2.25. The highest BCUT2D eigenvalue weighted by molar-refractivity contribution is 4.82. The van der Waals surface area contributed by atoms with E-state index >= 15 is 0 Å². The molecule has 2 aliphatic carbocycles. The number of aliphatic hydroxyl groups is 1. The van der Waals surface area contributed by atoms with Crippen molar-refractivity contribution in [1.82, 2.24) is 0 Å². The molecule has 76 valence electrons. The van der Waals surface area contributed by atoms with Crippen LogP contribution in [0, 0.1) is 17.8 Å². The molecule has 13 heavy (non-hydrogen) atoms. The lowest BCUT2D eigenvalue weighted by molar-refractivity contribution is 0.113. The number of hydrogen-bond donors (Lipinski definition) is 1. The number of hydrogen-bond acceptors (Lipinski definition) is 1. The molecule has 0 spiro atoms. The summed E-state index contributed by atoms with van der Waals surface area (Å²) < 4.78 is 0. The average Bonchev–Trinajstić information content (AvgIpc) is 2.18. The van der Waals surface area contributed by atoms with Crippen molar-refractivity contribution in [3.8, 4) is 0 Å². The minimum Gasteiger partial charge on any atom is -0.396 e. The van der Waals surface area contributed by atoms with Crippen LogP contribution in [0.25, 0.3) is 0 Å². The Morgan fingerprint density at radius 3 is 2.46 bits per heavy atom. The minimum atomic E-state index is 0.405. The zero-order valence-corrected chi connectivity index (χ0v) is 8.54. The first-order valence-corrected chi connectivity index (χ1v) is 6.01. The lowest BCUT2D eigenvalue weighted by Gasteiger charge is -2.39. The van der Waals surface area contributed by atoms with Crippen LogP contribution in [0.5, 0.6) is 0 Å². The van der Waals surface area contributed by atoms with Gasteiger partial charge in [-0.25, -0.2) is 0 Å². The van der Waals surface area contributed by atoms with Gasteiger partial charge in [-0.2, -0.15) is 0 Å². The van der Waals surface area contributed by atoms with E-state index in [2.05, 4.69) is 0 Å². The van der Waals surface area contributed by atoms with Crippen LogP contribution in [0.15, 0.2) is 0 Å². The van der Waals surface area contributed by atoms with Crippen LogP contribution in [0.3, 0.4) is 0 Å². The van der Waals surface area contributed by atoms with E-state index in [0.717, 1.165) is 24.2 Å². The molecule has 3 atom stereocenters. The Labute approximate surface area is 81.5 Å². The maximum atomic E-state index is 8.91. The SMILES string of the molecule is OCCC1CCC2CCCCC2C1. The lowest BCUT2D eigenvalue weighted by Crippen LogP contribution is -2.28. The molecule has 2 fully saturated rings. The summed E-state index contributed by atoms with van der Waals surface area (Å²) in [6.45, 7) is 0.405. The number of fused-ring (bicyclic) bond motifs is 1. The molecule has 0 radical (unpaired) electrons. The van der Waals surface area contributed by atoms with E-state index in [-0.39, 0.29) is 0 Å². The summed E-state index contributed by atoms with van der Waals surface area (Å²) in [7, 11) is 0. The summed E-state index contributed by atoms with van der Waals surface area (Å²) in [6, 6.07) is 0. The van der Waals surface area contributed by atoms with Crippen molar-refractivity contribution < 1.29 is 5.11 Å². The van der Waals surface area contributed by atoms with E-state index < -0.39 is 0 Å². The Balaban J connectivity index is 1.84. The van der Waals surface area contributed by atoms with E-state index in [9.17, 15) is 0 Å². The van der Waals surface area contributed by atoms with Gasteiger partial charge in [0.05, 0.1) is 0 Å². The van der Waals surface area contributed by atoms with Crippen LogP contribution in [0.1, 0.15) is 51.4 Å². The quantitative estimate of drug-likeness (QED) is 0.696. The largest absolute Gasteiger partial charge is 0.396 e. The second kappa shape index (κ2) is 4.45. The molecule has 2 rings (SSSR count). The number of aliphatic hydroxyl groups excluding tert-OH is 1. The first-order chi connectivity index (χ1) is 6.40. The topological polar surface area (TPSA) is 20.2 Å². The summed E-state index contributed by atoms with van der Waals surface area (Å²) in [4.78, 5) is 0. The van der Waals surface area contributed by atoms with Gasteiger partial charge in [0.15, 0.2) is 0 Å². The Bertz CT molecular complexity index is 155. The second-order valence-electron chi connectivity index (χ2n) is 5.00. The van der Waals surface area contributed by atoms with E-state index in [0.29, 0.717) is 6.61 Å². The molecule has 3 unspecified atom stereocenters. The second-order valence-corrected chi connectivity index (χ2v) is 5.00. The van der Waals surface area contributed by atoms with Crippen molar-refractivity contribution in [2.75, 3.05) is 6.61 Å². The Hall–Kier alpha value is -0.0400. The zero-order chi connectivity index (χ0) is 9.10. The smallest absolute Gasteiger partial charge is 0.0433 e. The normalized spacial score (nSPS) is 39.9. The predicted molar refractivity (Wildman–Crippen MR) is 54.5 cm³/mol. The van der Waals surface area contributed by atoms with Gasteiger partial charge in [0, 0.05) is 6.61 Å². The summed E-state index contributed by atoms with van der Waals surface area (Å²) in [5, 5.41) is 8.91. The number of rotatable bonds is 2. The molecule has 0 amide bonds. The molecular formula is C12H22O. The van der Waals surface area contributed by atoms with Crippen LogP contribution < -0.4 is 0 Å². The Kier molecular flexibility index (Phi) is 3.26. The van der Waals surface area contributed by atoms with Crippen LogP contribution >= 0.6 is 0 Å². The minimum absolute atomic E-state index is 0.405. The summed E-state index contributed by atoms with van der Waals surface area (Å²) in [5.74, 6) is 2.94. The van der Waals surface area contributed by atoms with Gasteiger partial charge < -0.3 is 5.11 Å². The average molecular weight is 182 g/mol. The van der Waals surface area contributed by atoms with E-state index in [1.807, 2.05) is 0 Å². The maximum absolute atomic E-state index is 8.91. The van der Waals surface area contributed by atoms with Gasteiger partial charge in [0.2, 0.25) is 0 Å². The lowest BCUT2D eigenvalue weighted by atomic mass is 9.67. The highest BCUT2D eigenvalue weighted by atomic mass is 16.3. The highest BCUT2D eigenvalue weighted by Gasteiger charge is 2.31. The summed E-state index contributed by atoms with van der Waals surface area (Å²) in [6.07, 6.45) is 11.2. The molecule has 0 bridgehead atoms. The first-order valence-electron chi connectivity index (χ1n) is 6.01. The summed E-state index contributed by atoms with van der Waals surface area (Å²) in [5.41, 5.74) is 0.